The zero-order chi connectivity index (χ0) is 40.1. The zero-order valence-corrected chi connectivity index (χ0v) is 33.8. The molecule has 0 amide bonds. The minimum Gasteiger partial charge on any atom is -0.483 e. The van der Waals surface area contributed by atoms with Crippen LogP contribution in [0.2, 0.25) is 0 Å². The Morgan fingerprint density at radius 2 is 1.58 bits per heavy atom. The van der Waals surface area contributed by atoms with Crippen molar-refractivity contribution in [2.24, 2.45) is 11.8 Å². The molecule has 1 aromatic heterocycles. The molecule has 0 saturated heterocycles. The van der Waals surface area contributed by atoms with Crippen LogP contribution in [0.15, 0.2) is 87.1 Å². The monoisotopic (exact) mass is 776 g/mol. The van der Waals surface area contributed by atoms with Crippen molar-refractivity contribution < 1.29 is 38.1 Å². The molecule has 0 radical (unpaired) electrons. The van der Waals surface area contributed by atoms with Crippen LogP contribution in [0, 0.1) is 11.8 Å². The number of hydrogen-bond acceptors (Lipinski definition) is 9. The van der Waals surface area contributed by atoms with E-state index in [0.717, 1.165) is 61.6 Å². The molecule has 3 aromatic carbocycles. The molecule has 0 spiro atoms. The lowest BCUT2D eigenvalue weighted by Crippen LogP contribution is -2.58. The van der Waals surface area contributed by atoms with Crippen LogP contribution in [0.3, 0.4) is 0 Å². The topological polar surface area (TPSA) is 122 Å². The van der Waals surface area contributed by atoms with Gasteiger partial charge >= 0.3 is 17.6 Å². The molecule has 1 N–H and O–H groups in total. The summed E-state index contributed by atoms with van der Waals surface area (Å²) < 4.78 is 31.8. The van der Waals surface area contributed by atoms with E-state index in [4.69, 9.17) is 23.4 Å². The van der Waals surface area contributed by atoms with Crippen molar-refractivity contribution in [3.63, 3.8) is 0 Å². The van der Waals surface area contributed by atoms with Gasteiger partial charge in [0.05, 0.1) is 18.8 Å². The normalized spacial score (nSPS) is 23.3. The van der Waals surface area contributed by atoms with Gasteiger partial charge in [-0.25, -0.2) is 9.59 Å². The highest BCUT2D eigenvalue weighted by Gasteiger charge is 2.56. The van der Waals surface area contributed by atoms with Gasteiger partial charge in [0.25, 0.3) is 0 Å². The van der Waals surface area contributed by atoms with Crippen LogP contribution in [0.5, 0.6) is 5.75 Å². The minimum absolute atomic E-state index is 0.0112. The van der Waals surface area contributed by atoms with Gasteiger partial charge in [0.1, 0.15) is 16.9 Å². The fraction of sp³-hybridized carbons (Fsp3) is 0.479. The number of benzene rings is 3. The summed E-state index contributed by atoms with van der Waals surface area (Å²) >= 11 is 0. The molecule has 3 aliphatic heterocycles. The molecule has 1 fully saturated rings. The second kappa shape index (κ2) is 17.8. The first-order chi connectivity index (χ1) is 27.6. The summed E-state index contributed by atoms with van der Waals surface area (Å²) in [5, 5.41) is 11.2. The van der Waals surface area contributed by atoms with Crippen molar-refractivity contribution in [3.8, 4) is 5.75 Å². The number of ether oxygens (including phenoxy) is 4. The zero-order valence-electron chi connectivity index (χ0n) is 33.8. The van der Waals surface area contributed by atoms with Crippen molar-refractivity contribution >= 4 is 22.9 Å². The molecule has 9 nitrogen and oxygen atoms in total. The standard InChI is InChI=1S/C48H56O9/c1-30(2)36-22-21-32-15-18-33(19-16-32)27-34(20-17-31-11-7-5-8-12-31)28-41(50)54-44-42-40(57-48(3,45(44)56-46(36)51)35-13-9-6-10-14-35)24-23-37-39(29-49)38(25-26-53-4)47(52)55-43(37)42/h5,7-8,11-12,15-16,18-19,23-24,34-35,44-45,49H,6,9-10,13-14,17,20-22,25-29H2,1-4H3/t34-,44-,45+,48+/m1/s1. The summed E-state index contributed by atoms with van der Waals surface area (Å²) in [6.45, 7) is 5.65. The Hall–Kier alpha value is -4.73. The number of allylic oxidation sites excluding steroid dienone is 1. The van der Waals surface area contributed by atoms with Crippen LogP contribution in [0.4, 0.5) is 0 Å². The van der Waals surface area contributed by atoms with Crippen LogP contribution in [-0.2, 0) is 56.1 Å². The maximum atomic E-state index is 14.6. The Balaban J connectivity index is 1.39. The van der Waals surface area contributed by atoms with Gasteiger partial charge in [-0.3, -0.25) is 4.79 Å². The molecule has 9 heteroatoms. The van der Waals surface area contributed by atoms with E-state index < -0.39 is 42.0 Å². The number of hydrogen-bond donors (Lipinski definition) is 1. The Kier molecular flexibility index (Phi) is 12.7. The predicted octanol–water partition coefficient (Wildman–Crippen LogP) is 8.87. The molecule has 4 atom stereocenters. The van der Waals surface area contributed by atoms with E-state index in [-0.39, 0.29) is 36.9 Å². The number of fused-ring (bicyclic) bond motifs is 13. The van der Waals surface area contributed by atoms with Crippen LogP contribution >= 0.6 is 0 Å². The average molecular weight is 777 g/mol. The number of aliphatic hydroxyl groups is 1. The molecule has 2 bridgehead atoms. The Morgan fingerprint density at radius 3 is 2.28 bits per heavy atom. The smallest absolute Gasteiger partial charge is 0.339 e. The first kappa shape index (κ1) is 40.5. The highest BCUT2D eigenvalue weighted by atomic mass is 16.6. The first-order valence-corrected chi connectivity index (χ1v) is 20.7. The summed E-state index contributed by atoms with van der Waals surface area (Å²) in [5.41, 5.74) is 4.34. The van der Waals surface area contributed by atoms with Crippen LogP contribution < -0.4 is 10.4 Å². The molecule has 0 unspecified atom stereocenters. The van der Waals surface area contributed by atoms with Crippen LogP contribution in [-0.4, -0.2) is 42.5 Å². The van der Waals surface area contributed by atoms with Gasteiger partial charge in [-0.2, -0.15) is 0 Å². The van der Waals surface area contributed by atoms with Crippen molar-refractivity contribution in [1.82, 2.24) is 0 Å². The van der Waals surface area contributed by atoms with E-state index in [0.29, 0.717) is 52.7 Å². The number of methoxy groups -OCH3 is 1. The van der Waals surface area contributed by atoms with Crippen molar-refractivity contribution in [2.75, 3.05) is 13.7 Å². The highest BCUT2D eigenvalue weighted by Crippen LogP contribution is 2.52. The quantitative estimate of drug-likeness (QED) is 0.106. The molecule has 8 rings (SSSR count). The Labute approximate surface area is 335 Å². The van der Waals surface area contributed by atoms with Gasteiger partial charge in [-0.05, 0) is 106 Å². The maximum Gasteiger partial charge on any atom is 0.339 e. The number of carbonyl (C=O) groups excluding carboxylic acids is 2. The molecule has 302 valence electrons. The molecular formula is C48H56O9. The molecule has 4 aromatic rings. The summed E-state index contributed by atoms with van der Waals surface area (Å²) in [6, 6.07) is 22.3. The van der Waals surface area contributed by atoms with Gasteiger partial charge in [-0.15, -0.1) is 0 Å². The average Bonchev–Trinajstić information content (AvgIpc) is 3.21. The number of aliphatic hydroxyl groups excluding tert-OH is 1. The van der Waals surface area contributed by atoms with E-state index in [2.05, 4.69) is 36.4 Å². The second-order valence-electron chi connectivity index (χ2n) is 16.6. The van der Waals surface area contributed by atoms with Gasteiger partial charge in [0, 0.05) is 42.4 Å². The molecule has 4 aliphatic rings. The van der Waals surface area contributed by atoms with Crippen LogP contribution in [0.25, 0.3) is 11.0 Å². The van der Waals surface area contributed by atoms with E-state index in [1.54, 1.807) is 19.2 Å². The fourth-order valence-electron chi connectivity index (χ4n) is 9.31. The SMILES string of the molecule is COCCc1c(CO)c2ccc3c(c2oc1=O)[C@H]1OC(=O)C[C@H](CCc2ccccc2)Cc2ccc(cc2)CCC(=C(C)C)C(=O)O[C@@H]1[C@](C)(C1CCCCC1)O3. The third-order valence-corrected chi connectivity index (χ3v) is 12.6. The molecule has 1 aliphatic carbocycles. The van der Waals surface area contributed by atoms with E-state index in [1.165, 1.54) is 5.56 Å². The fourth-order valence-corrected chi connectivity index (χ4v) is 9.31. The summed E-state index contributed by atoms with van der Waals surface area (Å²) in [6.07, 6.45) is 6.30. The van der Waals surface area contributed by atoms with Crippen molar-refractivity contribution in [1.29, 1.82) is 0 Å². The summed E-state index contributed by atoms with van der Waals surface area (Å²) in [5.74, 6) is -0.590. The summed E-state index contributed by atoms with van der Waals surface area (Å²) in [7, 11) is 1.55. The predicted molar refractivity (Wildman–Crippen MR) is 218 cm³/mol. The number of carbonyl (C=O) groups is 2. The second-order valence-corrected chi connectivity index (χ2v) is 16.6. The molecule has 57 heavy (non-hydrogen) atoms. The van der Waals surface area contributed by atoms with Crippen molar-refractivity contribution in [3.05, 3.63) is 122 Å². The number of rotatable bonds is 8. The van der Waals surface area contributed by atoms with Gasteiger partial charge in [0.15, 0.2) is 12.2 Å². The van der Waals surface area contributed by atoms with E-state index in [9.17, 15) is 19.5 Å². The van der Waals surface area contributed by atoms with Gasteiger partial charge in [0.2, 0.25) is 0 Å². The number of esters is 2. The summed E-state index contributed by atoms with van der Waals surface area (Å²) in [4.78, 5) is 42.9. The molecule has 1 saturated carbocycles. The number of aryl methyl sites for hydroxylation is 2. The van der Waals surface area contributed by atoms with Gasteiger partial charge in [-0.1, -0.05) is 79.4 Å². The van der Waals surface area contributed by atoms with Crippen LogP contribution in [0.1, 0.15) is 112 Å². The minimum atomic E-state index is -1.17. The first-order valence-electron chi connectivity index (χ1n) is 20.7. The Morgan fingerprint density at radius 1 is 0.842 bits per heavy atom. The largest absolute Gasteiger partial charge is 0.483 e. The van der Waals surface area contributed by atoms with E-state index in [1.807, 2.05) is 39.0 Å². The van der Waals surface area contributed by atoms with Crippen molar-refractivity contribution in [2.45, 2.75) is 122 Å². The third kappa shape index (κ3) is 8.75. The molecular weight excluding hydrogens is 721 g/mol. The lowest BCUT2D eigenvalue weighted by atomic mass is 9.71. The lowest BCUT2D eigenvalue weighted by molar-refractivity contribution is -0.201. The Bertz CT molecular complexity index is 2140. The third-order valence-electron chi connectivity index (χ3n) is 12.6. The maximum absolute atomic E-state index is 14.6. The lowest BCUT2D eigenvalue weighted by Gasteiger charge is -2.50. The van der Waals surface area contributed by atoms with Gasteiger partial charge < -0.3 is 28.5 Å². The van der Waals surface area contributed by atoms with E-state index >= 15 is 0 Å². The highest BCUT2D eigenvalue weighted by molar-refractivity contribution is 5.90. The molecule has 4 heterocycles.